The second kappa shape index (κ2) is 4.57. The van der Waals surface area contributed by atoms with Crippen LogP contribution in [0, 0.1) is 0 Å². The largest absolute Gasteiger partial charge is 0.411 e. The zero-order valence-electron chi connectivity index (χ0n) is 8.98. The molecule has 1 N–H and O–H groups in total. The predicted octanol–water partition coefficient (Wildman–Crippen LogP) is 0.564. The van der Waals surface area contributed by atoms with E-state index < -0.39 is 0 Å². The van der Waals surface area contributed by atoms with Crippen molar-refractivity contribution < 1.29 is 9.77 Å². The Bertz CT molecular complexity index is 490. The number of benzene rings is 1. The highest BCUT2D eigenvalue weighted by atomic mass is 16.4. The molecule has 0 radical (unpaired) electrons. The van der Waals surface area contributed by atoms with Crippen molar-refractivity contribution in [2.24, 2.45) is 12.2 Å². The van der Waals surface area contributed by atoms with Gasteiger partial charge in [0.05, 0.1) is 7.05 Å². The molecular weight excluding hydrogens is 204 g/mol. The summed E-state index contributed by atoms with van der Waals surface area (Å²) < 4.78 is 3.57. The number of oxime groups is 1. The van der Waals surface area contributed by atoms with E-state index in [2.05, 4.69) is 10.3 Å². The number of hydrogen-bond acceptors (Lipinski definition) is 3. The Labute approximate surface area is 93.3 Å². The van der Waals surface area contributed by atoms with Crippen LogP contribution >= 0.6 is 0 Å². The fourth-order valence-corrected chi connectivity index (χ4v) is 1.53. The third kappa shape index (κ3) is 2.08. The third-order valence-corrected chi connectivity index (χ3v) is 2.34. The van der Waals surface area contributed by atoms with E-state index in [0.717, 1.165) is 11.4 Å². The Kier molecular flexibility index (Phi) is 2.95. The van der Waals surface area contributed by atoms with E-state index in [1.165, 1.54) is 6.21 Å². The van der Waals surface area contributed by atoms with Crippen LogP contribution in [0.2, 0.25) is 0 Å². The van der Waals surface area contributed by atoms with Gasteiger partial charge in [0.2, 0.25) is 0 Å². The molecule has 0 spiro atoms. The fraction of sp³-hybridized carbons (Fsp3) is 0.182. The molecule has 1 aromatic carbocycles. The zero-order chi connectivity index (χ0) is 11.4. The van der Waals surface area contributed by atoms with Crippen molar-refractivity contribution in [3.63, 3.8) is 0 Å². The molecule has 2 aromatic rings. The van der Waals surface area contributed by atoms with Crippen LogP contribution in [0.5, 0.6) is 0 Å². The van der Waals surface area contributed by atoms with Gasteiger partial charge in [-0.3, -0.25) is 0 Å². The molecule has 0 saturated carbocycles. The SMILES string of the molecule is C[n+]1cnn(Cc2ccccc2)c1C=NO. The van der Waals surface area contributed by atoms with Gasteiger partial charge in [0.1, 0.15) is 12.8 Å². The first-order chi connectivity index (χ1) is 7.81. The third-order valence-electron chi connectivity index (χ3n) is 2.34. The molecule has 0 aliphatic rings. The molecule has 0 unspecified atom stereocenters. The molecule has 0 amide bonds. The summed E-state index contributed by atoms with van der Waals surface area (Å²) in [6.07, 6.45) is 3.05. The standard InChI is InChI=1S/C11H12N4O/c1-14-9-12-15(11(14)7-13-16)8-10-5-3-2-4-6-10/h2-7,9H,8H2,1H3/p+1. The van der Waals surface area contributed by atoms with Gasteiger partial charge in [0.15, 0.2) is 0 Å². The van der Waals surface area contributed by atoms with Gasteiger partial charge in [-0.05, 0) is 5.56 Å². The van der Waals surface area contributed by atoms with Crippen molar-refractivity contribution in [2.45, 2.75) is 6.54 Å². The lowest BCUT2D eigenvalue weighted by Gasteiger charge is -1.97. The van der Waals surface area contributed by atoms with Crippen LogP contribution in [-0.4, -0.2) is 21.2 Å². The maximum atomic E-state index is 8.57. The van der Waals surface area contributed by atoms with Crippen LogP contribution in [-0.2, 0) is 13.6 Å². The average molecular weight is 217 g/mol. The molecule has 0 atom stereocenters. The smallest absolute Gasteiger partial charge is 0.282 e. The van der Waals surface area contributed by atoms with Crippen molar-refractivity contribution in [1.82, 2.24) is 9.78 Å². The molecule has 82 valence electrons. The fourth-order valence-electron chi connectivity index (χ4n) is 1.53. The molecule has 1 heterocycles. The highest BCUT2D eigenvalue weighted by Gasteiger charge is 2.14. The maximum absolute atomic E-state index is 8.57. The number of nitrogens with zero attached hydrogens (tertiary/aromatic N) is 4. The van der Waals surface area contributed by atoms with E-state index >= 15 is 0 Å². The lowest BCUT2D eigenvalue weighted by Crippen LogP contribution is -2.32. The Morgan fingerprint density at radius 3 is 2.88 bits per heavy atom. The topological polar surface area (TPSA) is 54.3 Å². The van der Waals surface area contributed by atoms with Crippen LogP contribution in [0.15, 0.2) is 41.8 Å². The zero-order valence-corrected chi connectivity index (χ0v) is 8.98. The Morgan fingerprint density at radius 2 is 2.19 bits per heavy atom. The minimum Gasteiger partial charge on any atom is -0.411 e. The summed E-state index contributed by atoms with van der Waals surface area (Å²) in [5.74, 6) is 0.742. The van der Waals surface area contributed by atoms with Gasteiger partial charge in [-0.15, -0.1) is 4.68 Å². The summed E-state index contributed by atoms with van der Waals surface area (Å²) >= 11 is 0. The van der Waals surface area contributed by atoms with E-state index in [1.807, 2.05) is 37.4 Å². The molecular formula is C11H13N4O+. The molecule has 0 fully saturated rings. The summed E-state index contributed by atoms with van der Waals surface area (Å²) in [5.41, 5.74) is 1.15. The van der Waals surface area contributed by atoms with E-state index in [9.17, 15) is 0 Å². The van der Waals surface area contributed by atoms with Crippen molar-refractivity contribution in [3.8, 4) is 0 Å². The van der Waals surface area contributed by atoms with E-state index in [1.54, 1.807) is 15.6 Å². The monoisotopic (exact) mass is 217 g/mol. The molecule has 16 heavy (non-hydrogen) atoms. The van der Waals surface area contributed by atoms with Crippen molar-refractivity contribution in [3.05, 3.63) is 48.0 Å². The molecule has 2 rings (SSSR count). The number of aryl methyl sites for hydroxylation is 1. The first kappa shape index (κ1) is 10.4. The number of aromatic nitrogens is 3. The number of rotatable bonds is 3. The van der Waals surface area contributed by atoms with Crippen LogP contribution < -0.4 is 4.57 Å². The van der Waals surface area contributed by atoms with E-state index in [4.69, 9.17) is 5.21 Å². The molecule has 0 aliphatic carbocycles. The minimum atomic E-state index is 0.656. The average Bonchev–Trinajstić information content (AvgIpc) is 2.64. The first-order valence-corrected chi connectivity index (χ1v) is 4.94. The van der Waals surface area contributed by atoms with Crippen LogP contribution in [0.1, 0.15) is 11.4 Å². The first-order valence-electron chi connectivity index (χ1n) is 4.94. The Morgan fingerprint density at radius 1 is 1.44 bits per heavy atom. The normalized spacial score (nSPS) is 11.1. The second-order valence-electron chi connectivity index (χ2n) is 3.49. The Hall–Kier alpha value is -2.17. The number of hydrogen-bond donors (Lipinski definition) is 1. The highest BCUT2D eigenvalue weighted by molar-refractivity contribution is 5.71. The lowest BCUT2D eigenvalue weighted by atomic mass is 10.2. The van der Waals surface area contributed by atoms with Crippen LogP contribution in [0.25, 0.3) is 0 Å². The van der Waals surface area contributed by atoms with Crippen LogP contribution in [0.4, 0.5) is 0 Å². The van der Waals surface area contributed by atoms with Crippen molar-refractivity contribution in [2.75, 3.05) is 0 Å². The molecule has 5 heteroatoms. The maximum Gasteiger partial charge on any atom is 0.282 e. The van der Waals surface area contributed by atoms with Crippen LogP contribution in [0.3, 0.4) is 0 Å². The van der Waals surface area contributed by atoms with Gasteiger partial charge < -0.3 is 5.21 Å². The van der Waals surface area contributed by atoms with E-state index in [-0.39, 0.29) is 0 Å². The molecule has 0 bridgehead atoms. The predicted molar refractivity (Wildman–Crippen MR) is 58.3 cm³/mol. The quantitative estimate of drug-likeness (QED) is 0.353. The lowest BCUT2D eigenvalue weighted by molar-refractivity contribution is -0.673. The summed E-state index contributed by atoms with van der Waals surface area (Å²) in [5, 5.41) is 15.8. The van der Waals surface area contributed by atoms with Gasteiger partial charge in [-0.25, -0.2) is 4.57 Å². The van der Waals surface area contributed by atoms with Gasteiger partial charge >= 0.3 is 0 Å². The van der Waals surface area contributed by atoms with Gasteiger partial charge in [-0.1, -0.05) is 35.5 Å². The van der Waals surface area contributed by atoms with Gasteiger partial charge in [0, 0.05) is 5.10 Å². The molecule has 0 aliphatic heterocycles. The molecule has 0 saturated heterocycles. The highest BCUT2D eigenvalue weighted by Crippen LogP contribution is 2.01. The second-order valence-corrected chi connectivity index (χ2v) is 3.49. The van der Waals surface area contributed by atoms with Crippen molar-refractivity contribution in [1.29, 1.82) is 0 Å². The van der Waals surface area contributed by atoms with E-state index in [0.29, 0.717) is 6.54 Å². The Balaban J connectivity index is 2.28. The molecule has 5 nitrogen and oxygen atoms in total. The van der Waals surface area contributed by atoms with Gasteiger partial charge in [0.25, 0.3) is 12.2 Å². The summed E-state index contributed by atoms with van der Waals surface area (Å²) in [6, 6.07) is 10.0. The van der Waals surface area contributed by atoms with Gasteiger partial charge in [-0.2, -0.15) is 0 Å². The summed E-state index contributed by atoms with van der Waals surface area (Å²) in [4.78, 5) is 0. The molecule has 1 aromatic heterocycles. The summed E-state index contributed by atoms with van der Waals surface area (Å²) in [6.45, 7) is 0.656. The van der Waals surface area contributed by atoms with Crippen molar-refractivity contribution >= 4 is 6.21 Å². The summed E-state index contributed by atoms with van der Waals surface area (Å²) in [7, 11) is 1.85. The minimum absolute atomic E-state index is 0.656.